The fraction of sp³-hybridized carbons (Fsp3) is 0.500. The highest BCUT2D eigenvalue weighted by molar-refractivity contribution is 5.87. The first kappa shape index (κ1) is 11.9. The molecule has 0 aliphatic carbocycles. The maximum absolute atomic E-state index is 11.7. The number of carbonyl (C=O) groups is 1. The van der Waals surface area contributed by atoms with Crippen LogP contribution in [0.3, 0.4) is 0 Å². The van der Waals surface area contributed by atoms with E-state index in [2.05, 4.69) is 4.90 Å². The van der Waals surface area contributed by atoms with Crippen LogP contribution in [0.5, 0.6) is 0 Å². The minimum Gasteiger partial charge on any atom is -0.478 e. The van der Waals surface area contributed by atoms with Gasteiger partial charge in [0.25, 0.3) is 5.56 Å². The van der Waals surface area contributed by atoms with Crippen molar-refractivity contribution >= 4 is 5.97 Å². The second kappa shape index (κ2) is 4.71. The van der Waals surface area contributed by atoms with E-state index in [1.54, 1.807) is 4.57 Å². The number of carboxylic acids is 1. The fourth-order valence-electron chi connectivity index (χ4n) is 2.19. The zero-order valence-corrected chi connectivity index (χ0v) is 9.80. The second-order valence-corrected chi connectivity index (χ2v) is 4.50. The van der Waals surface area contributed by atoms with E-state index in [4.69, 9.17) is 5.11 Å². The monoisotopic (exact) mass is 236 g/mol. The van der Waals surface area contributed by atoms with Crippen LogP contribution in [0.25, 0.3) is 0 Å². The molecule has 92 valence electrons. The molecule has 1 aliphatic heterocycles. The molecule has 1 saturated heterocycles. The summed E-state index contributed by atoms with van der Waals surface area (Å²) < 4.78 is 1.57. The molecule has 1 N–H and O–H groups in total. The highest BCUT2D eigenvalue weighted by Gasteiger charge is 2.19. The zero-order valence-electron chi connectivity index (χ0n) is 9.80. The summed E-state index contributed by atoms with van der Waals surface area (Å²) in [6, 6.07) is 2.82. The topological polar surface area (TPSA) is 62.5 Å². The van der Waals surface area contributed by atoms with Crippen LogP contribution in [0.4, 0.5) is 0 Å². The van der Waals surface area contributed by atoms with Crippen molar-refractivity contribution in [1.29, 1.82) is 0 Å². The van der Waals surface area contributed by atoms with Crippen LogP contribution in [0.2, 0.25) is 0 Å². The van der Waals surface area contributed by atoms with Crippen molar-refractivity contribution < 1.29 is 9.90 Å². The van der Waals surface area contributed by atoms with E-state index in [-0.39, 0.29) is 17.2 Å². The number of carboxylic acid groups (broad SMARTS) is 1. The first-order chi connectivity index (χ1) is 8.08. The van der Waals surface area contributed by atoms with Crippen molar-refractivity contribution in [2.75, 3.05) is 20.1 Å². The van der Waals surface area contributed by atoms with E-state index in [1.165, 1.54) is 18.3 Å². The van der Waals surface area contributed by atoms with E-state index >= 15 is 0 Å². The molecule has 0 unspecified atom stereocenters. The molecule has 0 saturated carbocycles. The predicted molar refractivity (Wildman–Crippen MR) is 63.4 cm³/mol. The van der Waals surface area contributed by atoms with Crippen molar-refractivity contribution in [3.05, 3.63) is 34.2 Å². The molecular weight excluding hydrogens is 220 g/mol. The molecule has 0 amide bonds. The summed E-state index contributed by atoms with van der Waals surface area (Å²) in [5.74, 6) is -0.994. The summed E-state index contributed by atoms with van der Waals surface area (Å²) in [4.78, 5) is 24.8. The third kappa shape index (κ3) is 2.55. The van der Waals surface area contributed by atoms with Crippen LogP contribution in [0, 0.1) is 0 Å². The van der Waals surface area contributed by atoms with Gasteiger partial charge in [-0.25, -0.2) is 4.79 Å². The second-order valence-electron chi connectivity index (χ2n) is 4.50. The molecule has 0 atom stereocenters. The van der Waals surface area contributed by atoms with Crippen LogP contribution < -0.4 is 5.56 Å². The summed E-state index contributed by atoms with van der Waals surface area (Å²) in [5.41, 5.74) is 0.0491. The Morgan fingerprint density at radius 1 is 1.35 bits per heavy atom. The van der Waals surface area contributed by atoms with Gasteiger partial charge in [-0.1, -0.05) is 0 Å². The van der Waals surface area contributed by atoms with Gasteiger partial charge in [-0.15, -0.1) is 0 Å². The number of likely N-dealkylation sites (tertiary alicyclic amines) is 1. The maximum atomic E-state index is 11.7. The highest BCUT2D eigenvalue weighted by Crippen LogP contribution is 2.20. The quantitative estimate of drug-likeness (QED) is 0.825. The normalized spacial score (nSPS) is 18.2. The highest BCUT2D eigenvalue weighted by atomic mass is 16.4. The van der Waals surface area contributed by atoms with Crippen LogP contribution in [0.1, 0.15) is 29.2 Å². The number of aromatic carboxylic acids is 1. The Labute approximate surface area is 99.3 Å². The van der Waals surface area contributed by atoms with Gasteiger partial charge in [0.05, 0.1) is 5.56 Å². The van der Waals surface area contributed by atoms with E-state index in [0.717, 1.165) is 25.9 Å². The molecular formula is C12H16N2O3. The van der Waals surface area contributed by atoms with Gasteiger partial charge < -0.3 is 14.6 Å². The van der Waals surface area contributed by atoms with Crippen LogP contribution in [-0.4, -0.2) is 40.7 Å². The minimum atomic E-state index is -0.994. The van der Waals surface area contributed by atoms with Gasteiger partial charge >= 0.3 is 5.97 Å². The van der Waals surface area contributed by atoms with Gasteiger partial charge in [0.15, 0.2) is 0 Å². The van der Waals surface area contributed by atoms with Crippen molar-refractivity contribution in [3.63, 3.8) is 0 Å². The minimum absolute atomic E-state index is 0.121. The Balaban J connectivity index is 2.28. The molecule has 5 heteroatoms. The number of hydrogen-bond acceptors (Lipinski definition) is 3. The lowest BCUT2D eigenvalue weighted by atomic mass is 10.0. The molecule has 0 bridgehead atoms. The number of hydrogen-bond donors (Lipinski definition) is 1. The van der Waals surface area contributed by atoms with Crippen molar-refractivity contribution in [1.82, 2.24) is 9.47 Å². The smallest absolute Gasteiger partial charge is 0.337 e. The third-order valence-electron chi connectivity index (χ3n) is 3.27. The molecule has 17 heavy (non-hydrogen) atoms. The lowest BCUT2D eigenvalue weighted by Crippen LogP contribution is -2.35. The zero-order chi connectivity index (χ0) is 12.4. The number of pyridine rings is 1. The number of piperidine rings is 1. The SMILES string of the molecule is CN1CCC(n2cc(C(=O)O)ccc2=O)CC1. The first-order valence-corrected chi connectivity index (χ1v) is 5.72. The number of nitrogens with zero attached hydrogens (tertiary/aromatic N) is 2. The first-order valence-electron chi connectivity index (χ1n) is 5.72. The van der Waals surface area contributed by atoms with Crippen molar-refractivity contribution in [3.8, 4) is 0 Å². The van der Waals surface area contributed by atoms with Crippen LogP contribution >= 0.6 is 0 Å². The molecule has 1 aliphatic rings. The summed E-state index contributed by atoms with van der Waals surface area (Å²) in [7, 11) is 2.05. The molecule has 1 aromatic heterocycles. The van der Waals surface area contributed by atoms with Crippen LogP contribution in [-0.2, 0) is 0 Å². The molecule has 2 heterocycles. The Morgan fingerprint density at radius 3 is 2.59 bits per heavy atom. The van der Waals surface area contributed by atoms with Gasteiger partial charge in [-0.05, 0) is 39.0 Å². The van der Waals surface area contributed by atoms with Gasteiger partial charge in [0, 0.05) is 18.3 Å². The molecule has 0 aromatic carbocycles. The van der Waals surface area contributed by atoms with E-state index < -0.39 is 5.97 Å². The molecule has 5 nitrogen and oxygen atoms in total. The average Bonchev–Trinajstić information content (AvgIpc) is 2.31. The van der Waals surface area contributed by atoms with E-state index in [0.29, 0.717) is 0 Å². The molecule has 1 fully saturated rings. The Kier molecular flexibility index (Phi) is 3.28. The fourth-order valence-corrected chi connectivity index (χ4v) is 2.19. The Hall–Kier alpha value is -1.62. The van der Waals surface area contributed by atoms with Gasteiger partial charge in [0.1, 0.15) is 0 Å². The van der Waals surface area contributed by atoms with Gasteiger partial charge in [-0.3, -0.25) is 4.79 Å². The third-order valence-corrected chi connectivity index (χ3v) is 3.27. The van der Waals surface area contributed by atoms with Crippen molar-refractivity contribution in [2.45, 2.75) is 18.9 Å². The molecule has 2 rings (SSSR count). The Bertz CT molecular complexity index is 473. The summed E-state index contributed by atoms with van der Waals surface area (Å²) in [5, 5.41) is 8.92. The predicted octanol–water partition coefficient (Wildman–Crippen LogP) is 0.813. The Morgan fingerprint density at radius 2 is 2.00 bits per heavy atom. The largest absolute Gasteiger partial charge is 0.478 e. The number of aromatic nitrogens is 1. The van der Waals surface area contributed by atoms with Gasteiger partial charge in [0.2, 0.25) is 0 Å². The van der Waals surface area contributed by atoms with Gasteiger partial charge in [-0.2, -0.15) is 0 Å². The molecule has 0 spiro atoms. The summed E-state index contributed by atoms with van der Waals surface area (Å²) in [6.45, 7) is 1.88. The lowest BCUT2D eigenvalue weighted by molar-refractivity contribution is 0.0695. The maximum Gasteiger partial charge on any atom is 0.337 e. The molecule has 1 aromatic rings. The number of rotatable bonds is 2. The van der Waals surface area contributed by atoms with Crippen LogP contribution in [0.15, 0.2) is 23.1 Å². The lowest BCUT2D eigenvalue weighted by Gasteiger charge is -2.30. The van der Waals surface area contributed by atoms with Crippen molar-refractivity contribution in [2.24, 2.45) is 0 Å². The van der Waals surface area contributed by atoms with E-state index in [1.807, 2.05) is 7.05 Å². The molecule has 0 radical (unpaired) electrons. The van der Waals surface area contributed by atoms with E-state index in [9.17, 15) is 9.59 Å². The standard InChI is InChI=1S/C12H16N2O3/c1-13-6-4-10(5-7-13)14-8-9(12(16)17)2-3-11(14)15/h2-3,8,10H,4-7H2,1H3,(H,16,17). The summed E-state index contributed by atoms with van der Waals surface area (Å²) >= 11 is 0. The average molecular weight is 236 g/mol. The summed E-state index contributed by atoms with van der Waals surface area (Å²) in [6.07, 6.45) is 3.24.